The number of piperazine rings is 1. The van der Waals surface area contributed by atoms with Crippen LogP contribution in [0.3, 0.4) is 0 Å². The van der Waals surface area contributed by atoms with Crippen molar-refractivity contribution in [3.8, 4) is 5.75 Å². The number of nitrogens with one attached hydrogen (secondary N) is 2. The minimum absolute atomic E-state index is 0.0891. The third kappa shape index (κ3) is 7.66. The monoisotopic (exact) mass is 491 g/mol. The quantitative estimate of drug-likeness (QED) is 0.292. The summed E-state index contributed by atoms with van der Waals surface area (Å²) in [6.45, 7) is 4.35. The Bertz CT molecular complexity index is 857. The maximum absolute atomic E-state index is 12.7. The molecule has 3 rings (SSSR count). The number of nitrogens with zero attached hydrogens (tertiary/aromatic N) is 1. The van der Waals surface area contributed by atoms with Crippen molar-refractivity contribution in [2.45, 2.75) is 57.6 Å². The lowest BCUT2D eigenvalue weighted by Gasteiger charge is -2.36. The van der Waals surface area contributed by atoms with Gasteiger partial charge < -0.3 is 24.4 Å². The highest BCUT2D eigenvalue weighted by molar-refractivity contribution is 7.80. The number of rotatable bonds is 10. The third-order valence-electron chi connectivity index (χ3n) is 5.76. The molecule has 0 radical (unpaired) electrons. The topological polar surface area (TPSA) is 106 Å². The van der Waals surface area contributed by atoms with Crippen molar-refractivity contribution < 1.29 is 28.6 Å². The lowest BCUT2D eigenvalue weighted by molar-refractivity contribution is -0.150. The summed E-state index contributed by atoms with van der Waals surface area (Å²) in [4.78, 5) is 39.1. The summed E-state index contributed by atoms with van der Waals surface area (Å²) in [5.74, 6) is -0.537. The highest BCUT2D eigenvalue weighted by Gasteiger charge is 2.34. The van der Waals surface area contributed by atoms with Gasteiger partial charge >= 0.3 is 5.97 Å². The van der Waals surface area contributed by atoms with E-state index >= 15 is 0 Å². The molecule has 2 unspecified atom stereocenters. The Balaban J connectivity index is 1.52. The summed E-state index contributed by atoms with van der Waals surface area (Å²) >= 11 is 5.41. The van der Waals surface area contributed by atoms with Gasteiger partial charge in [0.05, 0.1) is 19.1 Å². The van der Waals surface area contributed by atoms with E-state index < -0.39 is 17.9 Å². The van der Waals surface area contributed by atoms with Gasteiger partial charge in [0.2, 0.25) is 5.91 Å². The molecule has 2 heterocycles. The summed E-state index contributed by atoms with van der Waals surface area (Å²) in [5, 5.41) is 5.50. The molecular weight excluding hydrogens is 458 g/mol. The standard InChI is InChI=1S/C24H33N3O6S/c1-2-3-4-13-31-18-9-7-17(8-10-18)22(29)26-24(34)27-12-11-25-23(30)20(27)15-21(28)33-16-19-6-5-14-32-19/h7-10,19-20H,2-6,11-16H2,1H3,(H,25,30)(H,26,29,34). The fourth-order valence-corrected chi connectivity index (χ4v) is 4.14. The van der Waals surface area contributed by atoms with Gasteiger partial charge in [-0.05, 0) is 55.7 Å². The SMILES string of the molecule is CCCCCOc1ccc(C(=O)NC(=S)N2CCNC(=O)C2CC(=O)OCC2CCCO2)cc1. The highest BCUT2D eigenvalue weighted by atomic mass is 32.1. The van der Waals surface area contributed by atoms with Crippen LogP contribution in [-0.2, 0) is 19.1 Å². The first kappa shape index (κ1) is 25.9. The van der Waals surface area contributed by atoms with Crippen molar-refractivity contribution >= 4 is 35.1 Å². The Morgan fingerprint density at radius 2 is 2.06 bits per heavy atom. The summed E-state index contributed by atoms with van der Waals surface area (Å²) in [6, 6.07) is 5.96. The number of thiocarbonyl (C=S) groups is 1. The van der Waals surface area contributed by atoms with Gasteiger partial charge in [0.25, 0.3) is 5.91 Å². The molecule has 0 saturated carbocycles. The second-order valence-corrected chi connectivity index (χ2v) is 8.75. The number of esters is 1. The molecule has 2 N–H and O–H groups in total. The van der Waals surface area contributed by atoms with E-state index in [-0.39, 0.29) is 30.2 Å². The van der Waals surface area contributed by atoms with Crippen molar-refractivity contribution in [2.75, 3.05) is 32.9 Å². The van der Waals surface area contributed by atoms with Gasteiger partial charge in [-0.3, -0.25) is 19.7 Å². The number of amides is 2. The van der Waals surface area contributed by atoms with Crippen LogP contribution in [-0.4, -0.2) is 72.9 Å². The number of unbranched alkanes of at least 4 members (excludes halogenated alkanes) is 2. The Morgan fingerprint density at radius 3 is 2.76 bits per heavy atom. The van der Waals surface area contributed by atoms with E-state index in [0.717, 1.165) is 32.1 Å². The molecule has 2 atom stereocenters. The molecule has 34 heavy (non-hydrogen) atoms. The number of hydrogen-bond donors (Lipinski definition) is 2. The minimum Gasteiger partial charge on any atom is -0.494 e. The van der Waals surface area contributed by atoms with E-state index in [1.54, 1.807) is 29.2 Å². The zero-order valence-electron chi connectivity index (χ0n) is 19.5. The number of carbonyl (C=O) groups is 3. The summed E-state index contributed by atoms with van der Waals surface area (Å²) in [6.07, 6.45) is 4.76. The van der Waals surface area contributed by atoms with E-state index in [1.165, 1.54) is 0 Å². The summed E-state index contributed by atoms with van der Waals surface area (Å²) < 4.78 is 16.4. The Kier molecular flexibility index (Phi) is 10.1. The zero-order chi connectivity index (χ0) is 24.3. The fourth-order valence-electron chi connectivity index (χ4n) is 3.82. The Hall–Kier alpha value is -2.72. The Morgan fingerprint density at radius 1 is 1.26 bits per heavy atom. The molecule has 2 amide bonds. The lowest BCUT2D eigenvalue weighted by atomic mass is 10.1. The van der Waals surface area contributed by atoms with Crippen LogP contribution in [0, 0.1) is 0 Å². The predicted octanol–water partition coefficient (Wildman–Crippen LogP) is 2.18. The van der Waals surface area contributed by atoms with Crippen LogP contribution in [0.1, 0.15) is 55.8 Å². The molecule has 1 aromatic carbocycles. The third-order valence-corrected chi connectivity index (χ3v) is 6.10. The highest BCUT2D eigenvalue weighted by Crippen LogP contribution is 2.16. The van der Waals surface area contributed by atoms with Crippen molar-refractivity contribution in [3.63, 3.8) is 0 Å². The van der Waals surface area contributed by atoms with Crippen LogP contribution in [0.4, 0.5) is 0 Å². The molecular formula is C24H33N3O6S. The van der Waals surface area contributed by atoms with Crippen molar-refractivity contribution in [1.82, 2.24) is 15.5 Å². The van der Waals surface area contributed by atoms with E-state index in [9.17, 15) is 14.4 Å². The van der Waals surface area contributed by atoms with Gasteiger partial charge in [-0.1, -0.05) is 19.8 Å². The van der Waals surface area contributed by atoms with Gasteiger partial charge in [0.15, 0.2) is 5.11 Å². The van der Waals surface area contributed by atoms with Crippen LogP contribution in [0.5, 0.6) is 5.75 Å². The van der Waals surface area contributed by atoms with Crippen LogP contribution < -0.4 is 15.4 Å². The molecule has 2 aliphatic heterocycles. The molecule has 2 saturated heterocycles. The molecule has 2 aliphatic rings. The van der Waals surface area contributed by atoms with Crippen LogP contribution in [0.25, 0.3) is 0 Å². The first-order chi connectivity index (χ1) is 16.5. The van der Waals surface area contributed by atoms with Gasteiger partial charge in [-0.15, -0.1) is 0 Å². The maximum Gasteiger partial charge on any atom is 0.308 e. The molecule has 0 spiro atoms. The normalized spacial score (nSPS) is 19.9. The van der Waals surface area contributed by atoms with Gasteiger partial charge in [-0.25, -0.2) is 0 Å². The number of ether oxygens (including phenoxy) is 3. The van der Waals surface area contributed by atoms with Gasteiger partial charge in [-0.2, -0.15) is 0 Å². The Labute approximate surface area is 205 Å². The van der Waals surface area contributed by atoms with Gasteiger partial charge in [0, 0.05) is 25.3 Å². The van der Waals surface area contributed by atoms with Crippen LogP contribution in [0.2, 0.25) is 0 Å². The average Bonchev–Trinajstić information content (AvgIpc) is 3.36. The summed E-state index contributed by atoms with van der Waals surface area (Å²) in [7, 11) is 0. The second-order valence-electron chi connectivity index (χ2n) is 8.36. The smallest absolute Gasteiger partial charge is 0.308 e. The number of benzene rings is 1. The average molecular weight is 492 g/mol. The van der Waals surface area contributed by atoms with E-state index in [2.05, 4.69) is 17.6 Å². The first-order valence-electron chi connectivity index (χ1n) is 11.9. The number of carbonyl (C=O) groups excluding carboxylic acids is 3. The van der Waals surface area contributed by atoms with E-state index in [4.69, 9.17) is 26.4 Å². The molecule has 0 aliphatic carbocycles. The van der Waals surface area contributed by atoms with Crippen LogP contribution in [0.15, 0.2) is 24.3 Å². The van der Waals surface area contributed by atoms with Crippen molar-refractivity contribution in [2.24, 2.45) is 0 Å². The van der Waals surface area contributed by atoms with E-state index in [1.807, 2.05) is 0 Å². The molecule has 186 valence electrons. The molecule has 0 bridgehead atoms. The molecule has 2 fully saturated rings. The largest absolute Gasteiger partial charge is 0.494 e. The van der Waals surface area contributed by atoms with Gasteiger partial charge in [0.1, 0.15) is 18.4 Å². The first-order valence-corrected chi connectivity index (χ1v) is 12.3. The summed E-state index contributed by atoms with van der Waals surface area (Å²) in [5.41, 5.74) is 0.414. The molecule has 0 aromatic heterocycles. The molecule has 1 aromatic rings. The number of hydrogen-bond acceptors (Lipinski definition) is 7. The van der Waals surface area contributed by atoms with E-state index in [0.29, 0.717) is 37.6 Å². The minimum atomic E-state index is -0.850. The second kappa shape index (κ2) is 13.2. The predicted molar refractivity (Wildman–Crippen MR) is 130 cm³/mol. The molecule has 10 heteroatoms. The van der Waals surface area contributed by atoms with Crippen molar-refractivity contribution in [1.29, 1.82) is 0 Å². The molecule has 9 nitrogen and oxygen atoms in total. The zero-order valence-corrected chi connectivity index (χ0v) is 20.4. The fraction of sp³-hybridized carbons (Fsp3) is 0.583. The van der Waals surface area contributed by atoms with Crippen molar-refractivity contribution in [3.05, 3.63) is 29.8 Å². The maximum atomic E-state index is 12.7. The lowest BCUT2D eigenvalue weighted by Crippen LogP contribution is -2.60. The van der Waals surface area contributed by atoms with Crippen LogP contribution >= 0.6 is 12.2 Å².